The van der Waals surface area contributed by atoms with Crippen molar-refractivity contribution < 1.29 is 22.7 Å². The van der Waals surface area contributed by atoms with Crippen molar-refractivity contribution >= 4 is 15.8 Å². The summed E-state index contributed by atoms with van der Waals surface area (Å²) in [4.78, 5) is 11.7. The van der Waals surface area contributed by atoms with Crippen molar-refractivity contribution in [1.29, 1.82) is 5.26 Å². The summed E-state index contributed by atoms with van der Waals surface area (Å²) in [5, 5.41) is 17.6. The highest BCUT2D eigenvalue weighted by Gasteiger charge is 2.77. The summed E-state index contributed by atoms with van der Waals surface area (Å²) >= 11 is 0. The number of carboxylic acids is 1. The molecule has 0 unspecified atom stereocenters. The number of carbonyl (C=O) groups is 1. The average molecular weight is 359 g/mol. The molecule has 0 saturated heterocycles. The fourth-order valence-corrected chi connectivity index (χ4v) is 5.45. The number of aliphatic carboxylic acids is 1. The smallest absolute Gasteiger partial charge is 0.326 e. The molecule has 0 aliphatic heterocycles. The summed E-state index contributed by atoms with van der Waals surface area (Å²) in [7, 11) is -4.05. The Bertz CT molecular complexity index is 977. The van der Waals surface area contributed by atoms with Crippen LogP contribution in [0, 0.1) is 29.5 Å². The Morgan fingerprint density at radius 2 is 1.72 bits per heavy atom. The average Bonchev–Trinajstić information content (AvgIpc) is 3.27. The van der Waals surface area contributed by atoms with E-state index in [1.165, 1.54) is 24.3 Å². The van der Waals surface area contributed by atoms with Gasteiger partial charge in [0.2, 0.25) is 0 Å². The Morgan fingerprint density at radius 3 is 2.20 bits per heavy atom. The van der Waals surface area contributed by atoms with Crippen LogP contribution < -0.4 is 0 Å². The third-order valence-corrected chi connectivity index (χ3v) is 6.83. The number of halogens is 1. The van der Waals surface area contributed by atoms with E-state index in [2.05, 4.69) is 0 Å². The van der Waals surface area contributed by atoms with Crippen LogP contribution in [0.5, 0.6) is 0 Å². The van der Waals surface area contributed by atoms with Gasteiger partial charge in [0.1, 0.15) is 11.1 Å². The number of aryl methyl sites for hydroxylation is 1. The van der Waals surface area contributed by atoms with Crippen molar-refractivity contribution in [2.75, 3.05) is 0 Å². The van der Waals surface area contributed by atoms with E-state index in [1.54, 1.807) is 25.1 Å². The van der Waals surface area contributed by atoms with Gasteiger partial charge in [0.25, 0.3) is 0 Å². The van der Waals surface area contributed by atoms with E-state index in [0.717, 1.165) is 17.7 Å². The van der Waals surface area contributed by atoms with Gasteiger partial charge in [0.05, 0.1) is 11.0 Å². The third kappa shape index (κ3) is 2.50. The first-order valence-corrected chi connectivity index (χ1v) is 9.00. The Morgan fingerprint density at radius 1 is 1.16 bits per heavy atom. The molecule has 1 fully saturated rings. The Hall–Kier alpha value is -2.72. The number of nitriles is 1. The van der Waals surface area contributed by atoms with E-state index in [1.807, 2.05) is 0 Å². The minimum Gasteiger partial charge on any atom is -0.480 e. The van der Waals surface area contributed by atoms with Gasteiger partial charge in [0.15, 0.2) is 15.3 Å². The lowest BCUT2D eigenvalue weighted by Crippen LogP contribution is -2.22. The Kier molecular flexibility index (Phi) is 3.88. The van der Waals surface area contributed by atoms with Gasteiger partial charge in [-0.3, -0.25) is 4.79 Å². The standard InChI is InChI=1S/C18H14FNO4S/c1-11-2-8-14(9-3-11)25(23,24)16-15(18(16,10-20)17(21)22)12-4-6-13(19)7-5-12/h2-9,15-16H,1H3,(H,21,22)/t15-,16-,18+/m0/s1. The summed E-state index contributed by atoms with van der Waals surface area (Å²) in [5.41, 5.74) is -0.915. The van der Waals surface area contributed by atoms with Crippen molar-refractivity contribution in [3.63, 3.8) is 0 Å². The topological polar surface area (TPSA) is 95.2 Å². The zero-order valence-corrected chi connectivity index (χ0v) is 14.0. The van der Waals surface area contributed by atoms with E-state index in [-0.39, 0.29) is 4.90 Å². The summed E-state index contributed by atoms with van der Waals surface area (Å²) in [6.07, 6.45) is 0. The van der Waals surface area contributed by atoms with E-state index in [4.69, 9.17) is 0 Å². The molecule has 1 saturated carbocycles. The highest BCUT2D eigenvalue weighted by Crippen LogP contribution is 2.63. The first-order chi connectivity index (χ1) is 11.7. The molecule has 5 nitrogen and oxygen atoms in total. The van der Waals surface area contributed by atoms with Gasteiger partial charge in [-0.25, -0.2) is 12.8 Å². The van der Waals surface area contributed by atoms with Gasteiger partial charge < -0.3 is 5.11 Å². The molecule has 128 valence electrons. The Balaban J connectivity index is 2.12. The number of hydrogen-bond donors (Lipinski definition) is 1. The molecule has 0 radical (unpaired) electrons. The minimum absolute atomic E-state index is 0.0337. The first-order valence-electron chi connectivity index (χ1n) is 7.46. The molecule has 25 heavy (non-hydrogen) atoms. The van der Waals surface area contributed by atoms with Crippen molar-refractivity contribution in [2.24, 2.45) is 5.41 Å². The molecule has 1 aliphatic carbocycles. The number of sulfone groups is 1. The quantitative estimate of drug-likeness (QED) is 0.905. The van der Waals surface area contributed by atoms with Crippen molar-refractivity contribution in [2.45, 2.75) is 23.0 Å². The molecule has 0 aromatic heterocycles. The zero-order valence-electron chi connectivity index (χ0n) is 13.2. The third-order valence-electron chi connectivity index (χ3n) is 4.58. The number of nitrogens with zero attached hydrogens (tertiary/aromatic N) is 1. The molecule has 0 spiro atoms. The first kappa shape index (κ1) is 17.1. The van der Waals surface area contributed by atoms with Crippen LogP contribution in [-0.4, -0.2) is 24.7 Å². The van der Waals surface area contributed by atoms with Crippen LogP contribution in [-0.2, 0) is 14.6 Å². The molecule has 0 amide bonds. The lowest BCUT2D eigenvalue weighted by molar-refractivity contribution is -0.141. The molecule has 1 aliphatic rings. The molecule has 0 heterocycles. The zero-order chi connectivity index (χ0) is 18.4. The highest BCUT2D eigenvalue weighted by molar-refractivity contribution is 7.92. The molecule has 3 rings (SSSR count). The molecular weight excluding hydrogens is 345 g/mol. The van der Waals surface area contributed by atoms with Gasteiger partial charge in [-0.1, -0.05) is 29.8 Å². The van der Waals surface area contributed by atoms with Crippen LogP contribution in [0.3, 0.4) is 0 Å². The molecule has 0 bridgehead atoms. The van der Waals surface area contributed by atoms with Gasteiger partial charge in [-0.05, 0) is 36.8 Å². The summed E-state index contributed by atoms with van der Waals surface area (Å²) < 4.78 is 39.0. The van der Waals surface area contributed by atoms with E-state index < -0.39 is 38.2 Å². The number of rotatable bonds is 4. The highest BCUT2D eigenvalue weighted by atomic mass is 32.2. The number of benzene rings is 2. The Labute approximate surface area is 144 Å². The van der Waals surface area contributed by atoms with Crippen LogP contribution >= 0.6 is 0 Å². The van der Waals surface area contributed by atoms with E-state index in [0.29, 0.717) is 5.56 Å². The molecule has 3 atom stereocenters. The van der Waals surface area contributed by atoms with Gasteiger partial charge in [0, 0.05) is 5.92 Å². The normalized spacial score (nSPS) is 25.2. The van der Waals surface area contributed by atoms with Crippen molar-refractivity contribution in [1.82, 2.24) is 0 Å². The summed E-state index contributed by atoms with van der Waals surface area (Å²) in [5.74, 6) is -3.08. The molecular formula is C18H14FNO4S. The molecule has 7 heteroatoms. The van der Waals surface area contributed by atoms with Crippen LogP contribution in [0.15, 0.2) is 53.4 Å². The maximum Gasteiger partial charge on any atom is 0.326 e. The molecule has 2 aromatic rings. The fourth-order valence-electron chi connectivity index (χ4n) is 3.20. The second-order valence-corrected chi connectivity index (χ2v) is 8.16. The van der Waals surface area contributed by atoms with Crippen LogP contribution in [0.25, 0.3) is 0 Å². The van der Waals surface area contributed by atoms with Crippen molar-refractivity contribution in [3.05, 3.63) is 65.5 Å². The van der Waals surface area contributed by atoms with E-state index >= 15 is 0 Å². The number of hydrogen-bond acceptors (Lipinski definition) is 4. The van der Waals surface area contributed by atoms with Crippen LogP contribution in [0.4, 0.5) is 4.39 Å². The largest absolute Gasteiger partial charge is 0.480 e. The maximum atomic E-state index is 13.1. The van der Waals surface area contributed by atoms with Gasteiger partial charge in [-0.15, -0.1) is 0 Å². The van der Waals surface area contributed by atoms with Crippen LogP contribution in [0.2, 0.25) is 0 Å². The number of carboxylic acid groups (broad SMARTS) is 1. The predicted octanol–water partition coefficient (Wildman–Crippen LogP) is 2.67. The molecule has 1 N–H and O–H groups in total. The van der Waals surface area contributed by atoms with Gasteiger partial charge >= 0.3 is 5.97 Å². The van der Waals surface area contributed by atoms with E-state index in [9.17, 15) is 28.0 Å². The lowest BCUT2D eigenvalue weighted by Gasteiger charge is -2.05. The minimum atomic E-state index is -4.05. The fraction of sp³-hybridized carbons (Fsp3) is 0.222. The summed E-state index contributed by atoms with van der Waals surface area (Å²) in [6.45, 7) is 1.80. The lowest BCUT2D eigenvalue weighted by atomic mass is 10.0. The maximum absolute atomic E-state index is 13.1. The van der Waals surface area contributed by atoms with Gasteiger partial charge in [-0.2, -0.15) is 5.26 Å². The molecule has 2 aromatic carbocycles. The second kappa shape index (κ2) is 5.67. The second-order valence-electron chi connectivity index (χ2n) is 6.09. The summed E-state index contributed by atoms with van der Waals surface area (Å²) in [6, 6.07) is 12.6. The van der Waals surface area contributed by atoms with Crippen LogP contribution in [0.1, 0.15) is 17.0 Å². The predicted molar refractivity (Wildman–Crippen MR) is 87.0 cm³/mol. The SMILES string of the molecule is Cc1ccc(S(=O)(=O)[C@H]2[C@H](c3ccc(F)cc3)[C@@]2(C#N)C(=O)O)cc1. The van der Waals surface area contributed by atoms with Crippen molar-refractivity contribution in [3.8, 4) is 6.07 Å². The monoisotopic (exact) mass is 359 g/mol.